The third-order valence-electron chi connectivity index (χ3n) is 2.54. The summed E-state index contributed by atoms with van der Waals surface area (Å²) < 4.78 is 5.43. The number of nitrogens with one attached hydrogen (secondary N) is 1. The molecule has 1 saturated heterocycles. The maximum Gasteiger partial charge on any atom is 0.230 e. The lowest BCUT2D eigenvalue weighted by Gasteiger charge is -2.10. The molecular weight excluding hydrogens is 236 g/mol. The van der Waals surface area contributed by atoms with Crippen molar-refractivity contribution in [2.24, 2.45) is 0 Å². The quantitative estimate of drug-likeness (QED) is 0.806. The lowest BCUT2D eigenvalue weighted by molar-refractivity contribution is -0.119. The second-order valence-electron chi connectivity index (χ2n) is 3.90. The Morgan fingerprint density at radius 1 is 1.59 bits per heavy atom. The van der Waals surface area contributed by atoms with Crippen LogP contribution < -0.4 is 5.32 Å². The topological polar surface area (TPSA) is 51.2 Å². The van der Waals surface area contributed by atoms with Crippen LogP contribution in [0.2, 0.25) is 0 Å². The highest BCUT2D eigenvalue weighted by Crippen LogP contribution is 2.13. The number of carbonyl (C=O) groups excluding carboxylic acids is 1. The number of hydrogen-bond acceptors (Lipinski definition) is 4. The van der Waals surface area contributed by atoms with Crippen LogP contribution in [0.3, 0.4) is 0 Å². The second kappa shape index (κ2) is 6.61. The number of thioether (sulfide) groups is 1. The van der Waals surface area contributed by atoms with E-state index in [1.807, 2.05) is 18.2 Å². The highest BCUT2D eigenvalue weighted by atomic mass is 32.2. The molecule has 1 aliphatic rings. The fraction of sp³-hybridized carbons (Fsp3) is 0.500. The number of hydrogen-bond donors (Lipinski definition) is 1. The molecule has 0 aliphatic carbocycles. The summed E-state index contributed by atoms with van der Waals surface area (Å²) in [7, 11) is 0. The van der Waals surface area contributed by atoms with Crippen LogP contribution in [0.1, 0.15) is 12.8 Å². The van der Waals surface area contributed by atoms with Gasteiger partial charge in [0.1, 0.15) is 0 Å². The van der Waals surface area contributed by atoms with Gasteiger partial charge in [0.25, 0.3) is 0 Å². The van der Waals surface area contributed by atoms with Crippen molar-refractivity contribution in [2.75, 3.05) is 18.9 Å². The smallest absolute Gasteiger partial charge is 0.230 e. The first kappa shape index (κ1) is 12.4. The molecule has 0 radical (unpaired) electrons. The third-order valence-corrected chi connectivity index (χ3v) is 3.48. The van der Waals surface area contributed by atoms with Gasteiger partial charge in [-0.25, -0.2) is 4.98 Å². The molecule has 1 amide bonds. The molecule has 1 N–H and O–H groups in total. The summed E-state index contributed by atoms with van der Waals surface area (Å²) in [6, 6.07) is 5.68. The van der Waals surface area contributed by atoms with E-state index in [-0.39, 0.29) is 12.0 Å². The van der Waals surface area contributed by atoms with Crippen molar-refractivity contribution in [3.05, 3.63) is 24.4 Å². The van der Waals surface area contributed by atoms with Crippen LogP contribution in [-0.4, -0.2) is 35.9 Å². The van der Waals surface area contributed by atoms with E-state index in [1.54, 1.807) is 6.20 Å². The van der Waals surface area contributed by atoms with Crippen molar-refractivity contribution in [1.29, 1.82) is 0 Å². The second-order valence-corrected chi connectivity index (χ2v) is 4.89. The van der Waals surface area contributed by atoms with E-state index in [0.29, 0.717) is 12.3 Å². The summed E-state index contributed by atoms with van der Waals surface area (Å²) in [5.41, 5.74) is 0. The van der Waals surface area contributed by atoms with Crippen molar-refractivity contribution < 1.29 is 9.53 Å². The fourth-order valence-electron chi connectivity index (χ4n) is 1.66. The van der Waals surface area contributed by atoms with Crippen LogP contribution in [0, 0.1) is 0 Å². The summed E-state index contributed by atoms with van der Waals surface area (Å²) in [5.74, 6) is 0.445. The Balaban J connectivity index is 1.64. The molecule has 2 rings (SSSR count). The first-order chi connectivity index (χ1) is 8.34. The Bertz CT molecular complexity index is 353. The number of aromatic nitrogens is 1. The van der Waals surface area contributed by atoms with Crippen molar-refractivity contribution in [1.82, 2.24) is 10.3 Å². The van der Waals surface area contributed by atoms with Crippen LogP contribution in [0.5, 0.6) is 0 Å². The minimum Gasteiger partial charge on any atom is -0.376 e. The minimum atomic E-state index is 0.0381. The van der Waals surface area contributed by atoms with E-state index in [1.165, 1.54) is 11.8 Å². The molecule has 0 unspecified atom stereocenters. The van der Waals surface area contributed by atoms with Crippen LogP contribution in [-0.2, 0) is 9.53 Å². The predicted molar refractivity (Wildman–Crippen MR) is 66.9 cm³/mol. The van der Waals surface area contributed by atoms with Crippen LogP contribution >= 0.6 is 11.8 Å². The number of rotatable bonds is 5. The normalized spacial score (nSPS) is 19.2. The average molecular weight is 252 g/mol. The Morgan fingerprint density at radius 2 is 2.53 bits per heavy atom. The Morgan fingerprint density at radius 3 is 3.24 bits per heavy atom. The molecule has 1 aromatic heterocycles. The molecule has 1 atom stereocenters. The monoisotopic (exact) mass is 252 g/mol. The molecule has 0 bridgehead atoms. The molecule has 0 spiro atoms. The zero-order chi connectivity index (χ0) is 11.9. The maximum absolute atomic E-state index is 11.6. The van der Waals surface area contributed by atoms with Gasteiger partial charge in [0, 0.05) is 19.3 Å². The van der Waals surface area contributed by atoms with Gasteiger partial charge in [0.05, 0.1) is 16.9 Å². The number of amides is 1. The average Bonchev–Trinajstić information content (AvgIpc) is 2.88. The Kier molecular flexibility index (Phi) is 4.82. The van der Waals surface area contributed by atoms with Gasteiger partial charge >= 0.3 is 0 Å². The minimum absolute atomic E-state index is 0.0381. The predicted octanol–water partition coefficient (Wildman–Crippen LogP) is 1.47. The molecule has 5 heteroatoms. The number of pyridine rings is 1. The Labute approximate surface area is 105 Å². The molecule has 1 aliphatic heterocycles. The van der Waals surface area contributed by atoms with E-state index in [4.69, 9.17) is 4.74 Å². The molecule has 92 valence electrons. The molecule has 1 aromatic rings. The van der Waals surface area contributed by atoms with Gasteiger partial charge in [0.2, 0.25) is 5.91 Å². The van der Waals surface area contributed by atoms with Crippen molar-refractivity contribution in [2.45, 2.75) is 24.0 Å². The number of ether oxygens (including phenoxy) is 1. The summed E-state index contributed by atoms with van der Waals surface area (Å²) in [6.45, 7) is 1.45. The zero-order valence-electron chi connectivity index (χ0n) is 9.59. The van der Waals surface area contributed by atoms with Gasteiger partial charge in [-0.2, -0.15) is 0 Å². The lowest BCUT2D eigenvalue weighted by atomic mass is 10.2. The van der Waals surface area contributed by atoms with Crippen LogP contribution in [0.25, 0.3) is 0 Å². The largest absolute Gasteiger partial charge is 0.376 e. The van der Waals surface area contributed by atoms with E-state index in [9.17, 15) is 4.79 Å². The van der Waals surface area contributed by atoms with E-state index in [2.05, 4.69) is 10.3 Å². The molecule has 0 saturated carbocycles. The van der Waals surface area contributed by atoms with Crippen molar-refractivity contribution in [3.8, 4) is 0 Å². The molecule has 1 fully saturated rings. The molecule has 17 heavy (non-hydrogen) atoms. The highest BCUT2D eigenvalue weighted by Gasteiger charge is 2.15. The number of nitrogens with zero attached hydrogens (tertiary/aromatic N) is 1. The summed E-state index contributed by atoms with van der Waals surface area (Å²) in [6.07, 6.45) is 4.09. The number of carbonyl (C=O) groups is 1. The standard InChI is InChI=1S/C12H16N2O2S/c15-11(14-8-10-4-3-7-16-10)9-17-12-5-1-2-6-13-12/h1-2,5-6,10H,3-4,7-9H2,(H,14,15)/t10-/m1/s1. The zero-order valence-corrected chi connectivity index (χ0v) is 10.4. The van der Waals surface area contributed by atoms with Gasteiger partial charge < -0.3 is 10.1 Å². The van der Waals surface area contributed by atoms with Crippen molar-refractivity contribution >= 4 is 17.7 Å². The van der Waals surface area contributed by atoms with Crippen LogP contribution in [0.4, 0.5) is 0 Å². The van der Waals surface area contributed by atoms with E-state index in [0.717, 1.165) is 24.5 Å². The fourth-order valence-corrected chi connectivity index (χ4v) is 2.35. The van der Waals surface area contributed by atoms with Crippen LogP contribution in [0.15, 0.2) is 29.4 Å². The lowest BCUT2D eigenvalue weighted by Crippen LogP contribution is -2.32. The maximum atomic E-state index is 11.6. The summed E-state index contributed by atoms with van der Waals surface area (Å²) >= 11 is 1.45. The van der Waals surface area contributed by atoms with Crippen molar-refractivity contribution in [3.63, 3.8) is 0 Å². The summed E-state index contributed by atoms with van der Waals surface area (Å²) in [4.78, 5) is 15.7. The Hall–Kier alpha value is -1.07. The highest BCUT2D eigenvalue weighted by molar-refractivity contribution is 7.99. The van der Waals surface area contributed by atoms with Gasteiger partial charge in [-0.15, -0.1) is 0 Å². The van der Waals surface area contributed by atoms with E-state index >= 15 is 0 Å². The molecule has 2 heterocycles. The molecule has 0 aromatic carbocycles. The van der Waals surface area contributed by atoms with Gasteiger partial charge in [-0.3, -0.25) is 4.79 Å². The van der Waals surface area contributed by atoms with Gasteiger partial charge in [-0.05, 0) is 25.0 Å². The van der Waals surface area contributed by atoms with Gasteiger partial charge in [0.15, 0.2) is 0 Å². The summed E-state index contributed by atoms with van der Waals surface area (Å²) in [5, 5.41) is 3.76. The first-order valence-electron chi connectivity index (χ1n) is 5.77. The third kappa shape index (κ3) is 4.36. The van der Waals surface area contributed by atoms with Gasteiger partial charge in [-0.1, -0.05) is 17.8 Å². The first-order valence-corrected chi connectivity index (χ1v) is 6.75. The molecular formula is C12H16N2O2S. The van der Waals surface area contributed by atoms with E-state index < -0.39 is 0 Å². The SMILES string of the molecule is O=C(CSc1ccccn1)NC[C@H]1CCCO1. The molecule has 4 nitrogen and oxygen atoms in total.